The van der Waals surface area contributed by atoms with Gasteiger partial charge < -0.3 is 9.84 Å². The highest BCUT2D eigenvalue weighted by Crippen LogP contribution is 2.36. The maximum atomic E-state index is 12.0. The van der Waals surface area contributed by atoms with Gasteiger partial charge in [0.05, 0.1) is 18.9 Å². The number of rotatable bonds is 3. The molecule has 0 fully saturated rings. The van der Waals surface area contributed by atoms with Crippen LogP contribution in [0.25, 0.3) is 0 Å². The molecule has 24 heavy (non-hydrogen) atoms. The van der Waals surface area contributed by atoms with Gasteiger partial charge >= 0.3 is 0 Å². The Labute approximate surface area is 145 Å². The van der Waals surface area contributed by atoms with Crippen LogP contribution in [0.2, 0.25) is 5.02 Å². The van der Waals surface area contributed by atoms with E-state index in [1.165, 1.54) is 19.0 Å². The van der Waals surface area contributed by atoms with Crippen molar-refractivity contribution in [3.8, 4) is 11.5 Å². The Bertz CT molecular complexity index is 802. The molecule has 2 aromatic carbocycles. The molecule has 0 radical (unpaired) electrons. The number of hydrazone groups is 1. The zero-order chi connectivity index (χ0) is 17.3. The quantitative estimate of drug-likeness (QED) is 0.922. The summed E-state index contributed by atoms with van der Waals surface area (Å²) >= 11 is 5.92. The lowest BCUT2D eigenvalue weighted by atomic mass is 9.98. The molecule has 0 saturated heterocycles. The predicted molar refractivity (Wildman–Crippen MR) is 92.5 cm³/mol. The number of carbonyl (C=O) groups excluding carboxylic acids is 1. The number of phenolic OH excluding ortho intramolecular Hbond substituents is 1. The van der Waals surface area contributed by atoms with E-state index < -0.39 is 0 Å². The number of aromatic hydroxyl groups is 1. The molecule has 3 rings (SSSR count). The molecule has 0 saturated carbocycles. The van der Waals surface area contributed by atoms with E-state index in [4.69, 9.17) is 16.3 Å². The van der Waals surface area contributed by atoms with E-state index in [2.05, 4.69) is 5.10 Å². The Morgan fingerprint density at radius 1 is 1.29 bits per heavy atom. The van der Waals surface area contributed by atoms with Crippen molar-refractivity contribution in [3.05, 3.63) is 58.6 Å². The van der Waals surface area contributed by atoms with E-state index in [-0.39, 0.29) is 17.7 Å². The highest BCUT2D eigenvalue weighted by molar-refractivity contribution is 6.30. The standard InChI is InChI=1S/C18H17ClN2O3/c1-11(22)21-16(13-5-8-18(24-2)17(23)9-13)10-15(20-21)12-3-6-14(19)7-4-12/h3-9,16,23H,10H2,1-2H3/t16-/m0/s1. The number of benzene rings is 2. The third-order valence-corrected chi connectivity index (χ3v) is 4.25. The van der Waals surface area contributed by atoms with Crippen LogP contribution in [-0.2, 0) is 4.79 Å². The molecule has 0 aromatic heterocycles. The van der Waals surface area contributed by atoms with Gasteiger partial charge in [-0.05, 0) is 35.4 Å². The molecule has 5 nitrogen and oxygen atoms in total. The molecule has 1 heterocycles. The Balaban J connectivity index is 1.93. The van der Waals surface area contributed by atoms with Gasteiger partial charge in [0.2, 0.25) is 5.91 Å². The average molecular weight is 345 g/mol. The van der Waals surface area contributed by atoms with Crippen LogP contribution in [0.5, 0.6) is 11.5 Å². The van der Waals surface area contributed by atoms with Gasteiger partial charge in [-0.15, -0.1) is 0 Å². The van der Waals surface area contributed by atoms with Crippen LogP contribution < -0.4 is 4.74 Å². The lowest BCUT2D eigenvalue weighted by molar-refractivity contribution is -0.130. The van der Waals surface area contributed by atoms with Gasteiger partial charge in [-0.25, -0.2) is 5.01 Å². The minimum Gasteiger partial charge on any atom is -0.504 e. The second kappa shape index (κ2) is 6.53. The van der Waals surface area contributed by atoms with Crippen molar-refractivity contribution in [2.24, 2.45) is 5.10 Å². The van der Waals surface area contributed by atoms with Crippen LogP contribution in [0, 0.1) is 0 Å². The number of hydrogen-bond acceptors (Lipinski definition) is 4. The van der Waals surface area contributed by atoms with Crippen LogP contribution in [0.15, 0.2) is 47.6 Å². The van der Waals surface area contributed by atoms with E-state index in [1.807, 2.05) is 18.2 Å². The molecule has 1 atom stereocenters. The van der Waals surface area contributed by atoms with Gasteiger partial charge in [-0.1, -0.05) is 29.8 Å². The molecule has 1 aliphatic rings. The summed E-state index contributed by atoms with van der Waals surface area (Å²) in [6, 6.07) is 12.2. The number of amides is 1. The van der Waals surface area contributed by atoms with Gasteiger partial charge in [-0.2, -0.15) is 5.10 Å². The third kappa shape index (κ3) is 3.08. The van der Waals surface area contributed by atoms with Crippen molar-refractivity contribution in [3.63, 3.8) is 0 Å². The molecule has 124 valence electrons. The first kappa shape index (κ1) is 16.3. The van der Waals surface area contributed by atoms with E-state index in [9.17, 15) is 9.90 Å². The summed E-state index contributed by atoms with van der Waals surface area (Å²) in [5.41, 5.74) is 2.53. The van der Waals surface area contributed by atoms with Gasteiger partial charge in [0.1, 0.15) is 0 Å². The first-order chi connectivity index (χ1) is 11.5. The Kier molecular flexibility index (Phi) is 4.44. The number of ether oxygens (including phenoxy) is 1. The fraction of sp³-hybridized carbons (Fsp3) is 0.222. The maximum Gasteiger partial charge on any atom is 0.240 e. The summed E-state index contributed by atoms with van der Waals surface area (Å²) in [6.07, 6.45) is 0.562. The topological polar surface area (TPSA) is 62.1 Å². The molecule has 2 aromatic rings. The number of halogens is 1. The molecule has 1 N–H and O–H groups in total. The summed E-state index contributed by atoms with van der Waals surface area (Å²) in [5.74, 6) is 0.280. The average Bonchev–Trinajstić information content (AvgIpc) is 3.01. The monoisotopic (exact) mass is 344 g/mol. The second-order valence-corrected chi connectivity index (χ2v) is 6.00. The first-order valence-electron chi connectivity index (χ1n) is 7.49. The van der Waals surface area contributed by atoms with Gasteiger partial charge in [-0.3, -0.25) is 4.79 Å². The van der Waals surface area contributed by atoms with Crippen LogP contribution in [0.3, 0.4) is 0 Å². The number of carbonyl (C=O) groups is 1. The van der Waals surface area contributed by atoms with Crippen molar-refractivity contribution >= 4 is 23.2 Å². The summed E-state index contributed by atoms with van der Waals surface area (Å²) < 4.78 is 5.07. The minimum atomic E-state index is -0.259. The van der Waals surface area contributed by atoms with E-state index in [0.29, 0.717) is 17.2 Å². The molecule has 6 heteroatoms. The van der Waals surface area contributed by atoms with Crippen molar-refractivity contribution in [1.29, 1.82) is 0 Å². The molecule has 0 unspecified atom stereocenters. The first-order valence-corrected chi connectivity index (χ1v) is 7.87. The Hall–Kier alpha value is -2.53. The maximum absolute atomic E-state index is 12.0. The van der Waals surface area contributed by atoms with Gasteiger partial charge in [0, 0.05) is 18.4 Å². The van der Waals surface area contributed by atoms with Crippen LogP contribution in [0.1, 0.15) is 30.5 Å². The molecule has 0 bridgehead atoms. The number of nitrogens with zero attached hydrogens (tertiary/aromatic N) is 2. The van der Waals surface area contributed by atoms with E-state index in [0.717, 1.165) is 16.8 Å². The largest absolute Gasteiger partial charge is 0.504 e. The van der Waals surface area contributed by atoms with Crippen LogP contribution >= 0.6 is 11.6 Å². The van der Waals surface area contributed by atoms with Crippen molar-refractivity contribution in [1.82, 2.24) is 5.01 Å². The normalized spacial score (nSPS) is 16.9. The number of phenols is 1. The molecular formula is C18H17ClN2O3. The van der Waals surface area contributed by atoms with Gasteiger partial charge in [0.15, 0.2) is 11.5 Å². The highest BCUT2D eigenvalue weighted by atomic mass is 35.5. The Morgan fingerprint density at radius 3 is 2.58 bits per heavy atom. The minimum absolute atomic E-state index is 0.0402. The lowest BCUT2D eigenvalue weighted by Crippen LogP contribution is -2.24. The second-order valence-electron chi connectivity index (χ2n) is 5.57. The van der Waals surface area contributed by atoms with Crippen LogP contribution in [0.4, 0.5) is 0 Å². The fourth-order valence-corrected chi connectivity index (χ4v) is 2.92. The fourth-order valence-electron chi connectivity index (χ4n) is 2.79. The van der Waals surface area contributed by atoms with Crippen molar-refractivity contribution < 1.29 is 14.6 Å². The highest BCUT2D eigenvalue weighted by Gasteiger charge is 2.31. The number of hydrogen-bond donors (Lipinski definition) is 1. The lowest BCUT2D eigenvalue weighted by Gasteiger charge is -2.21. The summed E-state index contributed by atoms with van der Waals surface area (Å²) in [6.45, 7) is 1.48. The molecule has 0 aliphatic carbocycles. The third-order valence-electron chi connectivity index (χ3n) is 4.00. The van der Waals surface area contributed by atoms with E-state index >= 15 is 0 Å². The zero-order valence-electron chi connectivity index (χ0n) is 13.4. The SMILES string of the molecule is COc1ccc([C@@H]2CC(c3ccc(Cl)cc3)=NN2C(C)=O)cc1O. The number of methoxy groups -OCH3 is 1. The molecule has 1 aliphatic heterocycles. The van der Waals surface area contributed by atoms with Crippen LogP contribution in [-0.4, -0.2) is 28.8 Å². The molecular weight excluding hydrogens is 328 g/mol. The molecule has 0 spiro atoms. The van der Waals surface area contributed by atoms with E-state index in [1.54, 1.807) is 24.3 Å². The summed E-state index contributed by atoms with van der Waals surface area (Å²) in [4.78, 5) is 12.0. The van der Waals surface area contributed by atoms with Crippen molar-refractivity contribution in [2.45, 2.75) is 19.4 Å². The van der Waals surface area contributed by atoms with Gasteiger partial charge in [0.25, 0.3) is 0 Å². The summed E-state index contributed by atoms with van der Waals surface area (Å²) in [7, 11) is 1.49. The Morgan fingerprint density at radius 2 is 2.00 bits per heavy atom. The zero-order valence-corrected chi connectivity index (χ0v) is 14.1. The molecule has 1 amide bonds. The predicted octanol–water partition coefficient (Wildman–Crippen LogP) is 3.75. The van der Waals surface area contributed by atoms with Crippen molar-refractivity contribution in [2.75, 3.05) is 7.11 Å². The smallest absolute Gasteiger partial charge is 0.240 e. The summed E-state index contributed by atoms with van der Waals surface area (Å²) in [5, 5.41) is 16.6.